The molecule has 25 heavy (non-hydrogen) atoms. The second-order valence-electron chi connectivity index (χ2n) is 6.89. The van der Waals surface area contributed by atoms with Crippen LogP contribution in [-0.4, -0.2) is 36.2 Å². The molecule has 0 aromatic rings. The Balaban J connectivity index is 2.07. The second kappa shape index (κ2) is 9.02. The van der Waals surface area contributed by atoms with Gasteiger partial charge in [-0.15, -0.1) is 0 Å². The van der Waals surface area contributed by atoms with Crippen molar-refractivity contribution in [2.24, 2.45) is 11.8 Å². The van der Waals surface area contributed by atoms with Gasteiger partial charge >= 0.3 is 17.9 Å². The maximum atomic E-state index is 11.6. The quantitative estimate of drug-likeness (QED) is 0.289. The number of carbonyl (C=O) groups is 3. The van der Waals surface area contributed by atoms with Crippen LogP contribution in [0.5, 0.6) is 0 Å². The van der Waals surface area contributed by atoms with E-state index in [1.165, 1.54) is 13.8 Å². The summed E-state index contributed by atoms with van der Waals surface area (Å²) in [7, 11) is 0. The zero-order chi connectivity index (χ0) is 18.4. The zero-order valence-corrected chi connectivity index (χ0v) is 15.2. The Hall–Kier alpha value is -1.85. The number of ether oxygens (including phenoxy) is 3. The smallest absolute Gasteiger partial charge is 0.306 e. The van der Waals surface area contributed by atoms with E-state index in [4.69, 9.17) is 14.2 Å². The molecule has 6 heteroatoms. The number of esters is 3. The van der Waals surface area contributed by atoms with Gasteiger partial charge in [0.25, 0.3) is 0 Å². The molecule has 140 valence electrons. The van der Waals surface area contributed by atoms with Crippen LogP contribution in [0.25, 0.3) is 0 Å². The fourth-order valence-electron chi connectivity index (χ4n) is 3.76. The van der Waals surface area contributed by atoms with Gasteiger partial charge in [-0.25, -0.2) is 0 Å². The molecule has 5 atom stereocenters. The van der Waals surface area contributed by atoms with Crippen molar-refractivity contribution in [2.75, 3.05) is 0 Å². The largest absolute Gasteiger partial charge is 0.462 e. The van der Waals surface area contributed by atoms with Crippen molar-refractivity contribution in [3.05, 3.63) is 12.2 Å². The number of hydrogen-bond acceptors (Lipinski definition) is 6. The molecule has 0 N–H and O–H groups in total. The molecule has 1 aliphatic heterocycles. The van der Waals surface area contributed by atoms with Crippen LogP contribution < -0.4 is 0 Å². The molecule has 0 spiro atoms. The molecule has 1 saturated heterocycles. The highest BCUT2D eigenvalue weighted by Crippen LogP contribution is 2.43. The average molecular weight is 352 g/mol. The van der Waals surface area contributed by atoms with E-state index in [1.54, 1.807) is 0 Å². The van der Waals surface area contributed by atoms with Crippen LogP contribution in [0.1, 0.15) is 59.3 Å². The molecule has 2 rings (SSSR count). The van der Waals surface area contributed by atoms with Gasteiger partial charge in [-0.05, 0) is 18.9 Å². The first-order valence-electron chi connectivity index (χ1n) is 9.13. The molecule has 1 heterocycles. The van der Waals surface area contributed by atoms with Crippen LogP contribution in [-0.2, 0) is 28.6 Å². The highest BCUT2D eigenvalue weighted by atomic mass is 16.6. The normalized spacial score (nSPS) is 29.3. The minimum absolute atomic E-state index is 0.0155. The van der Waals surface area contributed by atoms with Gasteiger partial charge in [0.1, 0.15) is 18.3 Å². The van der Waals surface area contributed by atoms with E-state index in [2.05, 4.69) is 6.92 Å². The van der Waals surface area contributed by atoms with E-state index >= 15 is 0 Å². The highest BCUT2D eigenvalue weighted by Gasteiger charge is 2.50. The first-order valence-corrected chi connectivity index (χ1v) is 9.13. The first kappa shape index (κ1) is 19.5. The lowest BCUT2D eigenvalue weighted by molar-refractivity contribution is -0.149. The van der Waals surface area contributed by atoms with Crippen molar-refractivity contribution in [1.29, 1.82) is 0 Å². The molecule has 2 fully saturated rings. The zero-order valence-electron chi connectivity index (χ0n) is 15.2. The summed E-state index contributed by atoms with van der Waals surface area (Å²) in [6, 6.07) is 0. The van der Waals surface area contributed by atoms with Crippen molar-refractivity contribution in [3.63, 3.8) is 0 Å². The number of carbonyl (C=O) groups excluding carboxylic acids is 3. The van der Waals surface area contributed by atoms with Crippen molar-refractivity contribution >= 4 is 17.9 Å². The lowest BCUT2D eigenvalue weighted by Crippen LogP contribution is -2.24. The lowest BCUT2D eigenvalue weighted by Gasteiger charge is -2.20. The van der Waals surface area contributed by atoms with Crippen molar-refractivity contribution in [1.82, 2.24) is 0 Å². The van der Waals surface area contributed by atoms with Gasteiger partial charge in [-0.1, -0.05) is 25.8 Å². The van der Waals surface area contributed by atoms with Crippen LogP contribution in [0.15, 0.2) is 12.2 Å². The summed E-state index contributed by atoms with van der Waals surface area (Å²) in [5.41, 5.74) is 0. The van der Waals surface area contributed by atoms with Gasteiger partial charge < -0.3 is 14.2 Å². The third-order valence-electron chi connectivity index (χ3n) is 4.83. The second-order valence-corrected chi connectivity index (χ2v) is 6.89. The Morgan fingerprint density at radius 3 is 2.68 bits per heavy atom. The predicted octanol–water partition coefficient (Wildman–Crippen LogP) is 2.94. The van der Waals surface area contributed by atoms with Gasteiger partial charge in [-0.3, -0.25) is 14.4 Å². The minimum Gasteiger partial charge on any atom is -0.462 e. The van der Waals surface area contributed by atoms with Crippen LogP contribution in [0.4, 0.5) is 0 Å². The topological polar surface area (TPSA) is 78.9 Å². The van der Waals surface area contributed by atoms with Crippen molar-refractivity contribution in [2.45, 2.75) is 77.6 Å². The number of hydrogen-bond donors (Lipinski definition) is 0. The number of rotatable bonds is 8. The summed E-state index contributed by atoms with van der Waals surface area (Å²) in [5.74, 6) is -0.930. The molecule has 0 aromatic heterocycles. The summed E-state index contributed by atoms with van der Waals surface area (Å²) in [6.45, 7) is 4.90. The molecule has 6 nitrogen and oxygen atoms in total. The highest BCUT2D eigenvalue weighted by molar-refractivity contribution is 5.72. The summed E-state index contributed by atoms with van der Waals surface area (Å²) in [6.07, 6.45) is 7.81. The van der Waals surface area contributed by atoms with E-state index in [-0.39, 0.29) is 48.1 Å². The lowest BCUT2D eigenvalue weighted by atomic mass is 9.91. The van der Waals surface area contributed by atoms with E-state index in [1.807, 2.05) is 12.2 Å². The summed E-state index contributed by atoms with van der Waals surface area (Å²) >= 11 is 0. The average Bonchev–Trinajstić information content (AvgIpc) is 2.99. The molecule has 0 bridgehead atoms. The summed E-state index contributed by atoms with van der Waals surface area (Å²) in [4.78, 5) is 34.3. The Morgan fingerprint density at radius 1 is 1.28 bits per heavy atom. The van der Waals surface area contributed by atoms with Crippen molar-refractivity contribution < 1.29 is 28.6 Å². The maximum Gasteiger partial charge on any atom is 0.306 e. The van der Waals surface area contributed by atoms with Crippen LogP contribution in [0.3, 0.4) is 0 Å². The standard InChI is InChI=1S/C19H28O6/c1-4-5-6-7-14(23-12(2)20)8-9-15-16-10-19(22)25-18(16)11-17(15)24-13(3)21/h8-9,14-18H,4-7,10-11H2,1-3H3/t14-,15+,16-,17+,18+/m0/s1. The van der Waals surface area contributed by atoms with E-state index in [0.29, 0.717) is 12.8 Å². The molecule has 1 saturated carbocycles. The van der Waals surface area contributed by atoms with E-state index < -0.39 is 0 Å². The number of unbranched alkanes of at least 4 members (excludes halogenated alkanes) is 2. The van der Waals surface area contributed by atoms with Crippen LogP contribution in [0, 0.1) is 11.8 Å². The molecule has 0 aromatic carbocycles. The molecular weight excluding hydrogens is 324 g/mol. The monoisotopic (exact) mass is 352 g/mol. The summed E-state index contributed by atoms with van der Waals surface area (Å²) < 4.78 is 16.1. The predicted molar refractivity (Wildman–Crippen MR) is 90.5 cm³/mol. The third kappa shape index (κ3) is 5.58. The SMILES string of the molecule is CCCCC[C@@H](C=C[C@@H]1[C@@H]2CC(=O)O[C@@H]2C[C@H]1OC(C)=O)OC(C)=O. The van der Waals surface area contributed by atoms with Gasteiger partial charge in [0.15, 0.2) is 0 Å². The molecule has 2 aliphatic rings. The fraction of sp³-hybridized carbons (Fsp3) is 0.737. The van der Waals surface area contributed by atoms with Crippen molar-refractivity contribution in [3.8, 4) is 0 Å². The number of fused-ring (bicyclic) bond motifs is 1. The summed E-state index contributed by atoms with van der Waals surface area (Å²) in [5, 5.41) is 0. The molecular formula is C19H28O6. The first-order chi connectivity index (χ1) is 11.9. The molecule has 0 unspecified atom stereocenters. The Morgan fingerprint density at radius 2 is 2.04 bits per heavy atom. The van der Waals surface area contributed by atoms with Crippen LogP contribution >= 0.6 is 0 Å². The van der Waals surface area contributed by atoms with Gasteiger partial charge in [0, 0.05) is 32.1 Å². The van der Waals surface area contributed by atoms with E-state index in [9.17, 15) is 14.4 Å². The fourth-order valence-corrected chi connectivity index (χ4v) is 3.76. The van der Waals surface area contributed by atoms with Gasteiger partial charge in [0.2, 0.25) is 0 Å². The van der Waals surface area contributed by atoms with Crippen LogP contribution in [0.2, 0.25) is 0 Å². The Labute approximate surface area is 148 Å². The van der Waals surface area contributed by atoms with Gasteiger partial charge in [-0.2, -0.15) is 0 Å². The molecule has 0 radical (unpaired) electrons. The maximum absolute atomic E-state index is 11.6. The Kier molecular flexibility index (Phi) is 7.02. The van der Waals surface area contributed by atoms with Gasteiger partial charge in [0.05, 0.1) is 6.42 Å². The molecule has 1 aliphatic carbocycles. The molecule has 0 amide bonds. The Bertz CT molecular complexity index is 526. The minimum atomic E-state index is -0.339. The van der Waals surface area contributed by atoms with E-state index in [0.717, 1.165) is 25.7 Å². The third-order valence-corrected chi connectivity index (χ3v) is 4.83.